The molecule has 2 fully saturated rings. The highest BCUT2D eigenvalue weighted by Crippen LogP contribution is 2.23. The molecule has 2 aromatic carbocycles. The highest BCUT2D eigenvalue weighted by atomic mass is 16.5. The molecule has 2 aliphatic carbocycles. The second-order valence-corrected chi connectivity index (χ2v) is 7.70. The summed E-state index contributed by atoms with van der Waals surface area (Å²) in [5, 5.41) is 0. The van der Waals surface area contributed by atoms with Crippen molar-refractivity contribution in [1.29, 1.82) is 0 Å². The molecule has 0 aromatic heterocycles. The van der Waals surface area contributed by atoms with Gasteiger partial charge in [0.1, 0.15) is 5.75 Å². The fourth-order valence-electron chi connectivity index (χ4n) is 3.92. The summed E-state index contributed by atoms with van der Waals surface area (Å²) in [6, 6.07) is 20.8. The number of para-hydroxylation sites is 1. The molecule has 160 valence electrons. The number of hydrogen-bond donors (Lipinski definition) is 0. The van der Waals surface area contributed by atoms with E-state index in [-0.39, 0.29) is 0 Å². The van der Waals surface area contributed by atoms with Crippen LogP contribution in [0.5, 0.6) is 5.75 Å². The molecule has 0 aliphatic heterocycles. The Morgan fingerprint density at radius 1 is 0.690 bits per heavy atom. The molecular formula is C27H40O2. The van der Waals surface area contributed by atoms with Gasteiger partial charge >= 0.3 is 0 Å². The van der Waals surface area contributed by atoms with E-state index in [1.165, 1.54) is 56.9 Å². The Kier molecular flexibility index (Phi) is 12.2. The molecule has 0 saturated heterocycles. The summed E-state index contributed by atoms with van der Waals surface area (Å²) in [5.41, 5.74) is 1.42. The molecule has 0 spiro atoms. The van der Waals surface area contributed by atoms with Crippen LogP contribution >= 0.6 is 0 Å². The SMILES string of the molecule is CC.c1ccc(CCCOC2CCCC2)cc1.c1ccc(OC2CCCC2)cc1. The standard InChI is InChI=1S/C14H20O.C11H14O.C2H6/c1-2-7-13(8-3-1)9-6-12-15-14-10-4-5-11-14;1-2-6-10(7-3-1)12-11-8-4-5-9-11;1-2/h1-3,7-8,14H,4-6,9-12H2;1-3,6-7,11H,4-5,8-9H2;1-2H3. The first-order valence-corrected chi connectivity index (χ1v) is 11.8. The zero-order chi connectivity index (χ0) is 20.6. The molecule has 0 atom stereocenters. The zero-order valence-corrected chi connectivity index (χ0v) is 18.5. The second kappa shape index (κ2) is 15.1. The van der Waals surface area contributed by atoms with Crippen molar-refractivity contribution >= 4 is 0 Å². The van der Waals surface area contributed by atoms with E-state index in [1.807, 2.05) is 44.2 Å². The van der Waals surface area contributed by atoms with Crippen molar-refractivity contribution in [3.05, 3.63) is 66.2 Å². The lowest BCUT2D eigenvalue weighted by atomic mass is 10.1. The van der Waals surface area contributed by atoms with Gasteiger partial charge in [0.05, 0.1) is 12.2 Å². The van der Waals surface area contributed by atoms with E-state index < -0.39 is 0 Å². The van der Waals surface area contributed by atoms with Crippen molar-refractivity contribution in [2.24, 2.45) is 0 Å². The number of aryl methyl sites for hydroxylation is 1. The predicted octanol–water partition coefficient (Wildman–Crippen LogP) is 7.61. The van der Waals surface area contributed by atoms with Gasteiger partial charge in [-0.1, -0.05) is 75.2 Å². The zero-order valence-electron chi connectivity index (χ0n) is 18.5. The lowest BCUT2D eigenvalue weighted by Gasteiger charge is -2.12. The van der Waals surface area contributed by atoms with Crippen LogP contribution in [-0.2, 0) is 11.2 Å². The van der Waals surface area contributed by atoms with Crippen LogP contribution in [0.25, 0.3) is 0 Å². The Morgan fingerprint density at radius 2 is 1.21 bits per heavy atom. The van der Waals surface area contributed by atoms with Gasteiger partial charge < -0.3 is 9.47 Å². The number of rotatable bonds is 7. The summed E-state index contributed by atoms with van der Waals surface area (Å²) in [6.45, 7) is 4.93. The summed E-state index contributed by atoms with van der Waals surface area (Å²) in [6.07, 6.45) is 13.8. The molecular weight excluding hydrogens is 356 g/mol. The van der Waals surface area contributed by atoms with Crippen LogP contribution in [0.4, 0.5) is 0 Å². The van der Waals surface area contributed by atoms with Gasteiger partial charge in [0.2, 0.25) is 0 Å². The molecule has 0 amide bonds. The van der Waals surface area contributed by atoms with Crippen molar-refractivity contribution in [3.8, 4) is 5.75 Å². The maximum absolute atomic E-state index is 5.82. The van der Waals surface area contributed by atoms with E-state index in [0.29, 0.717) is 12.2 Å². The average molecular weight is 397 g/mol. The lowest BCUT2D eigenvalue weighted by molar-refractivity contribution is 0.0569. The van der Waals surface area contributed by atoms with Gasteiger partial charge in [0.15, 0.2) is 0 Å². The molecule has 0 heterocycles. The van der Waals surface area contributed by atoms with Gasteiger partial charge in [-0.05, 0) is 69.1 Å². The largest absolute Gasteiger partial charge is 0.490 e. The van der Waals surface area contributed by atoms with Gasteiger partial charge in [0.25, 0.3) is 0 Å². The minimum atomic E-state index is 0.479. The van der Waals surface area contributed by atoms with E-state index >= 15 is 0 Å². The lowest BCUT2D eigenvalue weighted by Crippen LogP contribution is -2.10. The topological polar surface area (TPSA) is 18.5 Å². The van der Waals surface area contributed by atoms with Crippen molar-refractivity contribution < 1.29 is 9.47 Å². The minimum absolute atomic E-state index is 0.479. The van der Waals surface area contributed by atoms with Crippen LogP contribution in [-0.4, -0.2) is 18.8 Å². The third-order valence-corrected chi connectivity index (χ3v) is 5.46. The highest BCUT2D eigenvalue weighted by Gasteiger charge is 2.16. The first-order valence-electron chi connectivity index (χ1n) is 11.8. The monoisotopic (exact) mass is 396 g/mol. The molecule has 4 rings (SSSR count). The van der Waals surface area contributed by atoms with Crippen molar-refractivity contribution in [2.45, 2.75) is 90.3 Å². The van der Waals surface area contributed by atoms with E-state index in [1.54, 1.807) is 0 Å². The van der Waals surface area contributed by atoms with Crippen molar-refractivity contribution in [1.82, 2.24) is 0 Å². The Morgan fingerprint density at radius 3 is 1.79 bits per heavy atom. The maximum Gasteiger partial charge on any atom is 0.119 e. The fraction of sp³-hybridized carbons (Fsp3) is 0.556. The molecule has 0 unspecified atom stereocenters. The normalized spacial score (nSPS) is 16.5. The Balaban J connectivity index is 0.000000194. The van der Waals surface area contributed by atoms with Crippen LogP contribution < -0.4 is 4.74 Å². The van der Waals surface area contributed by atoms with Crippen LogP contribution in [0.15, 0.2) is 60.7 Å². The predicted molar refractivity (Wildman–Crippen MR) is 124 cm³/mol. The van der Waals surface area contributed by atoms with E-state index in [0.717, 1.165) is 25.2 Å². The van der Waals surface area contributed by atoms with Gasteiger partial charge in [-0.25, -0.2) is 0 Å². The quantitative estimate of drug-likeness (QED) is 0.448. The summed E-state index contributed by atoms with van der Waals surface area (Å²) < 4.78 is 11.6. The van der Waals surface area contributed by atoms with Crippen molar-refractivity contribution in [2.75, 3.05) is 6.61 Å². The summed E-state index contributed by atoms with van der Waals surface area (Å²) >= 11 is 0. The Bertz CT molecular complexity index is 599. The van der Waals surface area contributed by atoms with Gasteiger partial charge in [0, 0.05) is 6.61 Å². The number of benzene rings is 2. The van der Waals surface area contributed by atoms with Gasteiger partial charge in [-0.3, -0.25) is 0 Å². The Hall–Kier alpha value is -1.80. The molecule has 2 aliphatic rings. The molecule has 2 saturated carbocycles. The van der Waals surface area contributed by atoms with Crippen LogP contribution in [0.2, 0.25) is 0 Å². The van der Waals surface area contributed by atoms with Gasteiger partial charge in [-0.15, -0.1) is 0 Å². The van der Waals surface area contributed by atoms with Crippen LogP contribution in [0, 0.1) is 0 Å². The Labute approximate surface area is 178 Å². The van der Waals surface area contributed by atoms with E-state index in [2.05, 4.69) is 30.3 Å². The molecule has 0 N–H and O–H groups in total. The summed E-state index contributed by atoms with van der Waals surface area (Å²) in [5.74, 6) is 1.02. The summed E-state index contributed by atoms with van der Waals surface area (Å²) in [4.78, 5) is 0. The molecule has 29 heavy (non-hydrogen) atoms. The van der Waals surface area contributed by atoms with E-state index in [4.69, 9.17) is 9.47 Å². The second-order valence-electron chi connectivity index (χ2n) is 7.70. The van der Waals surface area contributed by atoms with Crippen LogP contribution in [0.1, 0.15) is 77.2 Å². The minimum Gasteiger partial charge on any atom is -0.490 e. The highest BCUT2D eigenvalue weighted by molar-refractivity contribution is 5.21. The smallest absolute Gasteiger partial charge is 0.119 e. The van der Waals surface area contributed by atoms with E-state index in [9.17, 15) is 0 Å². The summed E-state index contributed by atoms with van der Waals surface area (Å²) in [7, 11) is 0. The molecule has 2 heteroatoms. The van der Waals surface area contributed by atoms with Crippen molar-refractivity contribution in [3.63, 3.8) is 0 Å². The first-order chi connectivity index (χ1) is 14.4. The number of hydrogen-bond acceptors (Lipinski definition) is 2. The average Bonchev–Trinajstić information content (AvgIpc) is 3.49. The maximum atomic E-state index is 5.82. The number of ether oxygens (including phenoxy) is 2. The third-order valence-electron chi connectivity index (χ3n) is 5.46. The molecule has 2 nitrogen and oxygen atoms in total. The molecule has 0 bridgehead atoms. The van der Waals surface area contributed by atoms with Gasteiger partial charge in [-0.2, -0.15) is 0 Å². The fourth-order valence-corrected chi connectivity index (χ4v) is 3.92. The third kappa shape index (κ3) is 9.99. The first kappa shape index (κ1) is 23.5. The van der Waals surface area contributed by atoms with Crippen LogP contribution in [0.3, 0.4) is 0 Å². The molecule has 0 radical (unpaired) electrons. The molecule has 2 aromatic rings.